The predicted octanol–water partition coefficient (Wildman–Crippen LogP) is 1.43. The number of nitrogens with one attached hydrogen (secondary N) is 1. The van der Waals surface area contributed by atoms with Crippen LogP contribution in [0.1, 0.15) is 18.9 Å². The molecule has 6 heteroatoms. The van der Waals surface area contributed by atoms with Crippen molar-refractivity contribution in [3.8, 4) is 0 Å². The van der Waals surface area contributed by atoms with E-state index in [0.717, 1.165) is 5.56 Å². The zero-order valence-electron chi connectivity index (χ0n) is 11.4. The van der Waals surface area contributed by atoms with Gasteiger partial charge in [-0.3, -0.25) is 4.79 Å². The lowest BCUT2D eigenvalue weighted by Crippen LogP contribution is -2.42. The molecule has 0 radical (unpaired) electrons. The van der Waals surface area contributed by atoms with Crippen LogP contribution >= 0.6 is 0 Å². The lowest BCUT2D eigenvalue weighted by Gasteiger charge is -2.15. The molecule has 0 spiro atoms. The molecule has 0 aromatic heterocycles. The van der Waals surface area contributed by atoms with E-state index in [1.54, 1.807) is 12.1 Å². The molecule has 0 unspecified atom stereocenters. The van der Waals surface area contributed by atoms with Crippen LogP contribution in [0.4, 0.5) is 4.79 Å². The van der Waals surface area contributed by atoms with Gasteiger partial charge in [0.15, 0.2) is 0 Å². The van der Waals surface area contributed by atoms with Crippen molar-refractivity contribution in [1.29, 1.82) is 0 Å². The van der Waals surface area contributed by atoms with E-state index in [2.05, 4.69) is 10.1 Å². The Morgan fingerprint density at radius 3 is 2.40 bits per heavy atom. The minimum absolute atomic E-state index is 0.0840. The van der Waals surface area contributed by atoms with Crippen molar-refractivity contribution in [3.05, 3.63) is 35.9 Å². The molecule has 6 nitrogen and oxygen atoms in total. The largest absolute Gasteiger partial charge is 0.467 e. The smallest absolute Gasteiger partial charge is 0.408 e. The van der Waals surface area contributed by atoms with E-state index in [1.807, 2.05) is 18.2 Å². The molecule has 1 rings (SSSR count). The molecule has 0 aliphatic heterocycles. The fraction of sp³-hybridized carbons (Fsp3) is 0.357. The summed E-state index contributed by atoms with van der Waals surface area (Å²) in [5, 5.41) is 2.31. The molecule has 0 saturated carbocycles. The predicted molar refractivity (Wildman–Crippen MR) is 70.9 cm³/mol. The number of carbonyl (C=O) groups is 3. The van der Waals surface area contributed by atoms with Crippen molar-refractivity contribution >= 4 is 17.8 Å². The molecular weight excluding hydrogens is 262 g/mol. The normalized spacial score (nSPS) is 11.3. The maximum absolute atomic E-state index is 11.6. The fourth-order valence-corrected chi connectivity index (χ4v) is 1.53. The highest BCUT2D eigenvalue weighted by Crippen LogP contribution is 2.02. The lowest BCUT2D eigenvalue weighted by atomic mass is 10.1. The lowest BCUT2D eigenvalue weighted by molar-refractivity contribution is -0.144. The van der Waals surface area contributed by atoms with E-state index >= 15 is 0 Å². The average Bonchev–Trinajstić information content (AvgIpc) is 2.44. The number of amides is 1. The number of rotatable bonds is 6. The Hall–Kier alpha value is -2.37. The van der Waals surface area contributed by atoms with Gasteiger partial charge in [0.1, 0.15) is 18.4 Å². The standard InChI is InChI=1S/C14H17NO5/c1-10(16)8-12(13(17)19-2)15-14(18)20-9-11-6-4-3-5-7-11/h3-7,12H,8-9H2,1-2H3,(H,15,18)/t12-/m1/s1. The molecule has 0 bridgehead atoms. The first kappa shape index (κ1) is 15.7. The molecule has 0 fully saturated rings. The molecule has 0 aliphatic rings. The summed E-state index contributed by atoms with van der Waals surface area (Å²) in [5.74, 6) is -0.916. The highest BCUT2D eigenvalue weighted by atomic mass is 16.6. The molecule has 0 heterocycles. The molecule has 20 heavy (non-hydrogen) atoms. The van der Waals surface area contributed by atoms with Gasteiger partial charge in [-0.1, -0.05) is 30.3 Å². The van der Waals surface area contributed by atoms with Crippen LogP contribution in [0.15, 0.2) is 30.3 Å². The van der Waals surface area contributed by atoms with Crippen LogP contribution in [0.2, 0.25) is 0 Å². The number of carbonyl (C=O) groups excluding carboxylic acids is 3. The Balaban J connectivity index is 2.49. The second-order valence-electron chi connectivity index (χ2n) is 4.19. The first-order chi connectivity index (χ1) is 9.52. The van der Waals surface area contributed by atoms with Gasteiger partial charge in [0.05, 0.1) is 7.11 Å². The summed E-state index contributed by atoms with van der Waals surface area (Å²) in [6.07, 6.45) is -0.905. The Morgan fingerprint density at radius 2 is 1.85 bits per heavy atom. The Morgan fingerprint density at radius 1 is 1.20 bits per heavy atom. The highest BCUT2D eigenvalue weighted by molar-refractivity contribution is 5.87. The monoisotopic (exact) mass is 279 g/mol. The molecule has 1 aromatic rings. The van der Waals surface area contributed by atoms with Gasteiger partial charge < -0.3 is 14.8 Å². The van der Waals surface area contributed by atoms with Gasteiger partial charge >= 0.3 is 12.1 Å². The summed E-state index contributed by atoms with van der Waals surface area (Å²) in [4.78, 5) is 34.0. The molecular formula is C14H17NO5. The van der Waals surface area contributed by atoms with Crippen LogP contribution in [0, 0.1) is 0 Å². The third-order valence-corrected chi connectivity index (χ3v) is 2.48. The van der Waals surface area contributed by atoms with Crippen LogP contribution < -0.4 is 5.32 Å². The van der Waals surface area contributed by atoms with Crippen molar-refractivity contribution in [1.82, 2.24) is 5.32 Å². The number of esters is 1. The van der Waals surface area contributed by atoms with E-state index in [1.165, 1.54) is 14.0 Å². The van der Waals surface area contributed by atoms with Crippen molar-refractivity contribution in [2.45, 2.75) is 26.0 Å². The van der Waals surface area contributed by atoms with Crippen molar-refractivity contribution in [2.24, 2.45) is 0 Å². The second kappa shape index (κ2) is 7.93. The number of methoxy groups -OCH3 is 1. The van der Waals surface area contributed by atoms with Gasteiger partial charge in [-0.25, -0.2) is 9.59 Å². The molecule has 0 aliphatic carbocycles. The zero-order valence-corrected chi connectivity index (χ0v) is 11.4. The van der Waals surface area contributed by atoms with E-state index in [9.17, 15) is 14.4 Å². The van der Waals surface area contributed by atoms with Gasteiger partial charge in [0, 0.05) is 6.42 Å². The molecule has 1 aromatic carbocycles. The molecule has 0 saturated heterocycles. The summed E-state index contributed by atoms with van der Waals surface area (Å²) < 4.78 is 9.48. The third-order valence-electron chi connectivity index (χ3n) is 2.48. The Bertz CT molecular complexity index is 472. The number of alkyl carbamates (subject to hydrolysis) is 1. The maximum atomic E-state index is 11.6. The second-order valence-corrected chi connectivity index (χ2v) is 4.19. The van der Waals surface area contributed by atoms with E-state index in [-0.39, 0.29) is 18.8 Å². The van der Waals surface area contributed by atoms with Crippen LogP contribution in [-0.2, 0) is 25.7 Å². The zero-order chi connectivity index (χ0) is 15.0. The maximum Gasteiger partial charge on any atom is 0.408 e. The summed E-state index contributed by atoms with van der Waals surface area (Å²) in [6, 6.07) is 8.08. The molecule has 1 atom stereocenters. The number of Topliss-reactive ketones (excluding diaryl/α,β-unsaturated/α-hetero) is 1. The highest BCUT2D eigenvalue weighted by Gasteiger charge is 2.23. The van der Waals surface area contributed by atoms with E-state index in [4.69, 9.17) is 4.74 Å². The topological polar surface area (TPSA) is 81.7 Å². The SMILES string of the molecule is COC(=O)[C@@H](CC(C)=O)NC(=O)OCc1ccccc1. The van der Waals surface area contributed by atoms with E-state index in [0.29, 0.717) is 0 Å². The van der Waals surface area contributed by atoms with Gasteiger partial charge in [-0.2, -0.15) is 0 Å². The third kappa shape index (κ3) is 5.51. The van der Waals surface area contributed by atoms with Gasteiger partial charge in [0.2, 0.25) is 0 Å². The summed E-state index contributed by atoms with van der Waals surface area (Å²) in [5.41, 5.74) is 0.823. The number of ketones is 1. The Labute approximate surface area is 117 Å². The van der Waals surface area contributed by atoms with Gasteiger partial charge in [-0.05, 0) is 12.5 Å². The summed E-state index contributed by atoms with van der Waals surface area (Å²) in [7, 11) is 1.19. The number of hydrogen-bond donors (Lipinski definition) is 1. The average molecular weight is 279 g/mol. The van der Waals surface area contributed by atoms with Crippen LogP contribution in [0.25, 0.3) is 0 Å². The molecule has 108 valence electrons. The van der Waals surface area contributed by atoms with Crippen molar-refractivity contribution in [3.63, 3.8) is 0 Å². The van der Waals surface area contributed by atoms with E-state index < -0.39 is 18.1 Å². The minimum atomic E-state index is -1.03. The quantitative estimate of drug-likeness (QED) is 0.797. The molecule has 1 amide bonds. The Kier molecular flexibility index (Phi) is 6.22. The van der Waals surface area contributed by atoms with Gasteiger partial charge in [0.25, 0.3) is 0 Å². The summed E-state index contributed by atoms with van der Waals surface area (Å²) >= 11 is 0. The fourth-order valence-electron chi connectivity index (χ4n) is 1.53. The summed E-state index contributed by atoms with van der Waals surface area (Å²) in [6.45, 7) is 1.41. The molecule has 1 N–H and O–H groups in total. The first-order valence-electron chi connectivity index (χ1n) is 6.07. The van der Waals surface area contributed by atoms with Crippen LogP contribution in [0.3, 0.4) is 0 Å². The minimum Gasteiger partial charge on any atom is -0.467 e. The number of benzene rings is 1. The van der Waals surface area contributed by atoms with Crippen molar-refractivity contribution in [2.75, 3.05) is 7.11 Å². The number of ether oxygens (including phenoxy) is 2. The van der Waals surface area contributed by atoms with Gasteiger partial charge in [-0.15, -0.1) is 0 Å². The van der Waals surface area contributed by atoms with Crippen molar-refractivity contribution < 1.29 is 23.9 Å². The first-order valence-corrected chi connectivity index (χ1v) is 6.07. The van der Waals surface area contributed by atoms with Crippen LogP contribution in [0.5, 0.6) is 0 Å². The number of hydrogen-bond acceptors (Lipinski definition) is 5. The van der Waals surface area contributed by atoms with Crippen LogP contribution in [-0.4, -0.2) is 31.0 Å².